The van der Waals surface area contributed by atoms with Gasteiger partial charge in [0, 0.05) is 10.4 Å². The minimum absolute atomic E-state index is 0.0159. The van der Waals surface area contributed by atoms with E-state index in [0.717, 1.165) is 0 Å². The predicted molar refractivity (Wildman–Crippen MR) is 59.5 cm³/mol. The van der Waals surface area contributed by atoms with Crippen molar-refractivity contribution in [3.63, 3.8) is 0 Å². The Morgan fingerprint density at radius 1 is 1.11 bits per heavy atom. The van der Waals surface area contributed by atoms with E-state index in [1.165, 1.54) is 18.2 Å². The van der Waals surface area contributed by atoms with Crippen LogP contribution in [0.1, 0.15) is 5.82 Å². The summed E-state index contributed by atoms with van der Waals surface area (Å²) >= 11 is 11.3. The van der Waals surface area contributed by atoms with Crippen LogP contribution < -0.4 is 0 Å². The van der Waals surface area contributed by atoms with Crippen molar-refractivity contribution in [2.45, 2.75) is 12.3 Å². The van der Waals surface area contributed by atoms with Crippen LogP contribution in [0.15, 0.2) is 18.2 Å². The summed E-state index contributed by atoms with van der Waals surface area (Å²) in [6.07, 6.45) is -3.91. The van der Waals surface area contributed by atoms with Crippen LogP contribution in [-0.4, -0.2) is 16.4 Å². The first-order valence-electron chi connectivity index (χ1n) is 4.61. The van der Waals surface area contributed by atoms with Crippen molar-refractivity contribution in [2.24, 2.45) is 0 Å². The molecule has 0 amide bonds. The normalized spacial score (nSPS) is 12.4. The maximum Gasteiger partial charge on any atom is 0.365 e. The van der Waals surface area contributed by atoms with Crippen molar-refractivity contribution >= 4 is 34.1 Å². The average Bonchev–Trinajstić information content (AvgIpc) is 2.27. The Hall–Kier alpha value is -1.14. The maximum atomic E-state index is 13.1. The molecule has 8 heteroatoms. The molecule has 96 valence electrons. The van der Waals surface area contributed by atoms with E-state index in [1.54, 1.807) is 0 Å². The number of hydrogen-bond acceptors (Lipinski definition) is 2. The van der Waals surface area contributed by atoms with Gasteiger partial charge in [0.2, 0.25) is 5.82 Å². The summed E-state index contributed by atoms with van der Waals surface area (Å²) in [6.45, 7) is 0. The molecular formula is C10H4Cl2F4N2. The highest BCUT2D eigenvalue weighted by atomic mass is 35.5. The van der Waals surface area contributed by atoms with Gasteiger partial charge in [-0.25, -0.2) is 18.7 Å². The van der Waals surface area contributed by atoms with Gasteiger partial charge in [0.25, 0.3) is 0 Å². The molecular weight excluding hydrogens is 295 g/mol. The fraction of sp³-hybridized carbons (Fsp3) is 0.200. The van der Waals surface area contributed by atoms with Crippen LogP contribution in [0.3, 0.4) is 0 Å². The zero-order valence-electron chi connectivity index (χ0n) is 8.47. The molecule has 0 spiro atoms. The van der Waals surface area contributed by atoms with Crippen LogP contribution in [-0.2, 0) is 5.92 Å². The van der Waals surface area contributed by atoms with Gasteiger partial charge in [-0.05, 0) is 18.2 Å². The first-order chi connectivity index (χ1) is 8.32. The topological polar surface area (TPSA) is 25.8 Å². The number of halogens is 6. The molecule has 0 fully saturated rings. The molecule has 0 saturated carbocycles. The lowest BCUT2D eigenvalue weighted by molar-refractivity contribution is -0.140. The van der Waals surface area contributed by atoms with Gasteiger partial charge >= 0.3 is 12.3 Å². The molecule has 1 aromatic heterocycles. The lowest BCUT2D eigenvalue weighted by atomic mass is 10.2. The molecule has 0 unspecified atom stereocenters. The monoisotopic (exact) mass is 298 g/mol. The fourth-order valence-electron chi connectivity index (χ4n) is 1.31. The summed E-state index contributed by atoms with van der Waals surface area (Å²) in [7, 11) is 0. The van der Waals surface area contributed by atoms with Gasteiger partial charge in [-0.2, -0.15) is 8.78 Å². The highest BCUT2D eigenvalue weighted by Gasteiger charge is 2.46. The van der Waals surface area contributed by atoms with Crippen LogP contribution in [0.25, 0.3) is 10.9 Å². The van der Waals surface area contributed by atoms with Gasteiger partial charge in [0.15, 0.2) is 0 Å². The van der Waals surface area contributed by atoms with E-state index in [1.807, 2.05) is 0 Å². The van der Waals surface area contributed by atoms with Gasteiger partial charge in [-0.15, -0.1) is 0 Å². The summed E-state index contributed by atoms with van der Waals surface area (Å²) in [6, 6.07) is 4.13. The highest BCUT2D eigenvalue weighted by molar-refractivity contribution is 6.35. The van der Waals surface area contributed by atoms with Gasteiger partial charge < -0.3 is 0 Å². The second-order valence-corrected chi connectivity index (χ2v) is 4.22. The molecule has 2 aromatic rings. The van der Waals surface area contributed by atoms with Crippen molar-refractivity contribution in [1.29, 1.82) is 0 Å². The van der Waals surface area contributed by atoms with Crippen molar-refractivity contribution in [3.05, 3.63) is 34.2 Å². The quantitative estimate of drug-likeness (QED) is 0.610. The van der Waals surface area contributed by atoms with Crippen LogP contribution in [0.2, 0.25) is 10.2 Å². The molecule has 0 bridgehead atoms. The van der Waals surface area contributed by atoms with Gasteiger partial charge in [-0.1, -0.05) is 23.2 Å². The molecule has 1 heterocycles. The minimum Gasteiger partial charge on any atom is -0.227 e. The van der Waals surface area contributed by atoms with Crippen LogP contribution in [0, 0.1) is 0 Å². The first kappa shape index (κ1) is 13.3. The van der Waals surface area contributed by atoms with E-state index in [-0.39, 0.29) is 21.1 Å². The summed E-state index contributed by atoms with van der Waals surface area (Å²) < 4.78 is 50.7. The zero-order chi connectivity index (χ0) is 13.5. The third kappa shape index (κ3) is 2.22. The van der Waals surface area contributed by atoms with E-state index >= 15 is 0 Å². The smallest absolute Gasteiger partial charge is 0.227 e. The molecule has 0 N–H and O–H groups in total. The summed E-state index contributed by atoms with van der Waals surface area (Å²) in [4.78, 5) is 6.58. The second-order valence-electron chi connectivity index (χ2n) is 3.42. The van der Waals surface area contributed by atoms with Crippen molar-refractivity contribution in [2.75, 3.05) is 0 Å². The third-order valence-corrected chi connectivity index (χ3v) is 2.71. The number of hydrogen-bond donors (Lipinski definition) is 0. The summed E-state index contributed by atoms with van der Waals surface area (Å²) in [5.74, 6) is -5.78. The number of benzene rings is 1. The third-order valence-electron chi connectivity index (χ3n) is 2.18. The molecule has 0 atom stereocenters. The molecule has 0 aliphatic carbocycles. The van der Waals surface area contributed by atoms with E-state index in [2.05, 4.69) is 9.97 Å². The van der Waals surface area contributed by atoms with Gasteiger partial charge in [0.05, 0.1) is 5.52 Å². The molecule has 0 saturated heterocycles. The van der Waals surface area contributed by atoms with E-state index in [0.29, 0.717) is 0 Å². The molecule has 0 aliphatic rings. The number of nitrogens with zero attached hydrogens (tertiary/aromatic N) is 2. The molecule has 0 aliphatic heterocycles. The zero-order valence-corrected chi connectivity index (χ0v) is 9.98. The number of rotatable bonds is 2. The van der Waals surface area contributed by atoms with Gasteiger partial charge in [-0.3, -0.25) is 0 Å². The van der Waals surface area contributed by atoms with Crippen LogP contribution in [0.4, 0.5) is 17.6 Å². The molecule has 1 aromatic carbocycles. The lowest BCUT2D eigenvalue weighted by Gasteiger charge is -2.14. The summed E-state index contributed by atoms with van der Waals surface area (Å²) in [5, 5.41) is 0.158. The van der Waals surface area contributed by atoms with E-state index in [4.69, 9.17) is 23.2 Å². The standard InChI is InChI=1S/C10H4Cl2F4N2/c11-4-1-2-5-6(3-4)17-9(18-7(5)12)10(15,16)8(13)14/h1-3,8H. The Morgan fingerprint density at radius 3 is 2.39 bits per heavy atom. The Morgan fingerprint density at radius 2 is 1.78 bits per heavy atom. The Kier molecular flexibility index (Phi) is 3.33. The maximum absolute atomic E-state index is 13.1. The first-order valence-corrected chi connectivity index (χ1v) is 5.37. The van der Waals surface area contributed by atoms with Crippen LogP contribution in [0.5, 0.6) is 0 Å². The van der Waals surface area contributed by atoms with Crippen molar-refractivity contribution in [3.8, 4) is 0 Å². The predicted octanol–water partition coefficient (Wildman–Crippen LogP) is 4.29. The number of alkyl halides is 4. The molecule has 18 heavy (non-hydrogen) atoms. The molecule has 2 rings (SSSR count). The van der Waals surface area contributed by atoms with Gasteiger partial charge in [0.1, 0.15) is 5.15 Å². The van der Waals surface area contributed by atoms with E-state index < -0.39 is 18.2 Å². The lowest BCUT2D eigenvalue weighted by Crippen LogP contribution is -2.26. The number of aromatic nitrogens is 2. The Labute approximate surface area is 109 Å². The summed E-state index contributed by atoms with van der Waals surface area (Å²) in [5.41, 5.74) is -0.0159. The largest absolute Gasteiger partial charge is 0.365 e. The molecule has 0 radical (unpaired) electrons. The average molecular weight is 299 g/mol. The number of fused-ring (bicyclic) bond motifs is 1. The Balaban J connectivity index is 2.68. The van der Waals surface area contributed by atoms with Crippen molar-refractivity contribution < 1.29 is 17.6 Å². The molecule has 2 nitrogen and oxygen atoms in total. The van der Waals surface area contributed by atoms with E-state index in [9.17, 15) is 17.6 Å². The van der Waals surface area contributed by atoms with Crippen molar-refractivity contribution in [1.82, 2.24) is 9.97 Å². The second kappa shape index (κ2) is 4.51. The highest BCUT2D eigenvalue weighted by Crippen LogP contribution is 2.34. The SMILES string of the molecule is FC(F)C(F)(F)c1nc(Cl)c2ccc(Cl)cc2n1. The minimum atomic E-state index is -4.46. The fourth-order valence-corrected chi connectivity index (χ4v) is 1.72. The van der Waals surface area contributed by atoms with Crippen LogP contribution >= 0.6 is 23.2 Å². The Bertz CT molecular complexity index is 604.